The van der Waals surface area contributed by atoms with Crippen LogP contribution in [0.2, 0.25) is 19.6 Å². The minimum absolute atomic E-state index is 0.103. The molecule has 1 atom stereocenters. The van der Waals surface area contributed by atoms with Crippen LogP contribution < -0.4 is 0 Å². The van der Waals surface area contributed by atoms with Gasteiger partial charge in [0.1, 0.15) is 0 Å². The van der Waals surface area contributed by atoms with E-state index in [1.807, 2.05) is 0 Å². The summed E-state index contributed by atoms with van der Waals surface area (Å²) in [6.45, 7) is 11.9. The number of rotatable bonds is 4. The molecule has 4 aliphatic rings. The third-order valence-electron chi connectivity index (χ3n) is 6.68. The Hall–Kier alpha value is -0.683. The highest BCUT2D eigenvalue weighted by Gasteiger charge is 2.57. The van der Waals surface area contributed by atoms with E-state index in [0.29, 0.717) is 5.54 Å². The maximum atomic E-state index is 6.14. The van der Waals surface area contributed by atoms with Gasteiger partial charge in [-0.25, -0.2) is 0 Å². The molecule has 1 aromatic carbocycles. The molecule has 0 spiro atoms. The highest BCUT2D eigenvalue weighted by atomic mass is 28.3. The Morgan fingerprint density at radius 2 is 1.50 bits per heavy atom. The summed E-state index contributed by atoms with van der Waals surface area (Å²) in [5.74, 6) is -0.248. The van der Waals surface area contributed by atoms with Gasteiger partial charge in [0.05, 0.1) is 27.9 Å². The molecule has 3 nitrogen and oxygen atoms in total. The van der Waals surface area contributed by atoms with E-state index < -0.39 is 14.0 Å². The molecule has 1 aromatic rings. The van der Waals surface area contributed by atoms with Gasteiger partial charge >= 0.3 is 5.97 Å². The molecule has 0 amide bonds. The predicted octanol–water partition coefficient (Wildman–Crippen LogP) is 4.64. The topological polar surface area (TPSA) is 27.7 Å². The lowest BCUT2D eigenvalue weighted by molar-refractivity contribution is -0.487. The summed E-state index contributed by atoms with van der Waals surface area (Å²) in [5, 5.41) is 0. The molecule has 24 heavy (non-hydrogen) atoms. The number of fused-ring (bicyclic) bond motifs is 3. The van der Waals surface area contributed by atoms with Gasteiger partial charge in [0.15, 0.2) is 0 Å². The third-order valence-corrected chi connectivity index (χ3v) is 9.61. The van der Waals surface area contributed by atoms with Gasteiger partial charge in [-0.15, -0.1) is 0 Å². The molecule has 2 bridgehead atoms. The lowest BCUT2D eigenvalue weighted by atomic mass is 9.65. The van der Waals surface area contributed by atoms with Crippen LogP contribution in [-0.2, 0) is 20.2 Å². The van der Waals surface area contributed by atoms with Crippen molar-refractivity contribution in [3.8, 4) is 0 Å². The lowest BCUT2D eigenvalue weighted by Gasteiger charge is -2.56. The average Bonchev–Trinajstić information content (AvgIpc) is 2.53. The van der Waals surface area contributed by atoms with Gasteiger partial charge < -0.3 is 14.2 Å². The van der Waals surface area contributed by atoms with Crippen molar-refractivity contribution in [1.29, 1.82) is 0 Å². The average molecular weight is 347 g/mol. The SMILES string of the molecule is CC(c1ccc(C23OCC(C4CCC4)(CO2)CO3)cc1)[Si](C)(C)C. The van der Waals surface area contributed by atoms with E-state index in [1.165, 1.54) is 24.8 Å². The van der Waals surface area contributed by atoms with Crippen molar-refractivity contribution in [2.75, 3.05) is 19.8 Å². The summed E-state index contributed by atoms with van der Waals surface area (Å²) in [6.07, 6.45) is 3.94. The molecule has 132 valence electrons. The molecule has 0 radical (unpaired) electrons. The van der Waals surface area contributed by atoms with E-state index in [0.717, 1.165) is 31.3 Å². The number of benzene rings is 1. The molecule has 4 heteroatoms. The zero-order valence-corrected chi connectivity index (χ0v) is 16.4. The molecule has 3 heterocycles. The molecular weight excluding hydrogens is 316 g/mol. The minimum atomic E-state index is -1.19. The summed E-state index contributed by atoms with van der Waals surface area (Å²) in [6, 6.07) is 8.72. The van der Waals surface area contributed by atoms with Crippen LogP contribution in [0, 0.1) is 11.3 Å². The lowest BCUT2D eigenvalue weighted by Crippen LogP contribution is -2.61. The van der Waals surface area contributed by atoms with Crippen molar-refractivity contribution in [2.24, 2.45) is 11.3 Å². The van der Waals surface area contributed by atoms with Crippen LogP contribution in [0.4, 0.5) is 0 Å². The molecule has 4 fully saturated rings. The maximum Gasteiger partial charge on any atom is 0.312 e. The largest absolute Gasteiger partial charge is 0.323 e. The first-order valence-corrected chi connectivity index (χ1v) is 12.9. The van der Waals surface area contributed by atoms with E-state index >= 15 is 0 Å². The second-order valence-corrected chi connectivity index (χ2v) is 14.7. The molecule has 0 aromatic heterocycles. The van der Waals surface area contributed by atoms with Crippen LogP contribution in [0.3, 0.4) is 0 Å². The van der Waals surface area contributed by atoms with E-state index in [4.69, 9.17) is 14.2 Å². The highest BCUT2D eigenvalue weighted by Crippen LogP contribution is 2.52. The summed E-state index contributed by atoms with van der Waals surface area (Å²) in [4.78, 5) is 0. The predicted molar refractivity (Wildman–Crippen MR) is 97.5 cm³/mol. The molecule has 0 N–H and O–H groups in total. The molecule has 1 aliphatic carbocycles. The standard InChI is InChI=1S/C20H30O3Si/c1-15(24(2,3)4)16-8-10-18(11-9-16)20-21-12-19(13-22-20,14-23-20)17-6-5-7-17/h8-11,15,17H,5-7,12-14H2,1-4H3. The first-order valence-electron chi connectivity index (χ1n) is 9.37. The number of hydrogen-bond donors (Lipinski definition) is 0. The summed E-state index contributed by atoms with van der Waals surface area (Å²) >= 11 is 0. The fourth-order valence-corrected chi connectivity index (χ4v) is 5.26. The first kappa shape index (κ1) is 16.8. The van der Waals surface area contributed by atoms with Crippen LogP contribution >= 0.6 is 0 Å². The van der Waals surface area contributed by atoms with Crippen LogP contribution in [0.5, 0.6) is 0 Å². The molecule has 1 unspecified atom stereocenters. The third kappa shape index (κ3) is 2.59. The van der Waals surface area contributed by atoms with Gasteiger partial charge in [0, 0.05) is 11.0 Å². The van der Waals surface area contributed by atoms with Crippen molar-refractivity contribution in [1.82, 2.24) is 0 Å². The Morgan fingerprint density at radius 3 is 1.92 bits per heavy atom. The van der Waals surface area contributed by atoms with E-state index in [-0.39, 0.29) is 5.41 Å². The second kappa shape index (κ2) is 5.66. The normalized spacial score (nSPS) is 34.8. The van der Waals surface area contributed by atoms with Crippen LogP contribution in [0.25, 0.3) is 0 Å². The van der Waals surface area contributed by atoms with Gasteiger partial charge in [-0.05, 0) is 29.9 Å². The van der Waals surface area contributed by atoms with E-state index in [1.54, 1.807) is 0 Å². The van der Waals surface area contributed by atoms with Gasteiger partial charge in [0.2, 0.25) is 0 Å². The summed E-state index contributed by atoms with van der Waals surface area (Å²) in [5.41, 5.74) is 3.14. The zero-order chi connectivity index (χ0) is 17.0. The number of hydrogen-bond acceptors (Lipinski definition) is 3. The Kier molecular flexibility index (Phi) is 3.96. The van der Waals surface area contributed by atoms with Crippen molar-refractivity contribution in [3.63, 3.8) is 0 Å². The Balaban J connectivity index is 1.51. The molecule has 3 saturated heterocycles. The second-order valence-electron chi connectivity index (χ2n) is 9.12. The molecule has 5 rings (SSSR count). The molecular formula is C20H30O3Si. The monoisotopic (exact) mass is 346 g/mol. The number of ether oxygens (including phenoxy) is 3. The molecule has 1 saturated carbocycles. The van der Waals surface area contributed by atoms with Gasteiger partial charge in [-0.1, -0.05) is 57.3 Å². The van der Waals surface area contributed by atoms with Crippen molar-refractivity contribution < 1.29 is 14.2 Å². The van der Waals surface area contributed by atoms with E-state index in [9.17, 15) is 0 Å². The first-order chi connectivity index (χ1) is 11.3. The molecule has 3 aliphatic heterocycles. The van der Waals surface area contributed by atoms with Crippen LogP contribution in [-0.4, -0.2) is 27.9 Å². The van der Waals surface area contributed by atoms with Crippen molar-refractivity contribution in [3.05, 3.63) is 35.4 Å². The highest BCUT2D eigenvalue weighted by molar-refractivity contribution is 6.77. The van der Waals surface area contributed by atoms with Crippen molar-refractivity contribution >= 4 is 8.07 Å². The quantitative estimate of drug-likeness (QED) is 0.743. The van der Waals surface area contributed by atoms with Crippen LogP contribution in [0.15, 0.2) is 24.3 Å². The van der Waals surface area contributed by atoms with Gasteiger partial charge in [0.25, 0.3) is 0 Å². The minimum Gasteiger partial charge on any atom is -0.323 e. The fraction of sp³-hybridized carbons (Fsp3) is 0.700. The van der Waals surface area contributed by atoms with E-state index in [2.05, 4.69) is 50.8 Å². The maximum absolute atomic E-state index is 6.14. The smallest absolute Gasteiger partial charge is 0.312 e. The van der Waals surface area contributed by atoms with Gasteiger partial charge in [-0.2, -0.15) is 0 Å². The zero-order valence-electron chi connectivity index (χ0n) is 15.4. The summed E-state index contributed by atoms with van der Waals surface area (Å²) in [7, 11) is -1.19. The van der Waals surface area contributed by atoms with Gasteiger partial charge in [-0.3, -0.25) is 0 Å². The Labute approximate surface area is 146 Å². The summed E-state index contributed by atoms with van der Waals surface area (Å²) < 4.78 is 18.4. The van der Waals surface area contributed by atoms with Crippen LogP contribution in [0.1, 0.15) is 42.9 Å². The van der Waals surface area contributed by atoms with Crippen molar-refractivity contribution in [2.45, 2.75) is 57.3 Å². The fourth-order valence-electron chi connectivity index (χ4n) is 4.07. The Morgan fingerprint density at radius 1 is 0.958 bits per heavy atom. The Bertz CT molecular complexity index is 576.